The Balaban J connectivity index is 3.27. The molecule has 42 valence electrons. The molecule has 0 spiro atoms. The third-order valence-electron chi connectivity index (χ3n) is 0.353. The van der Waals surface area contributed by atoms with Crippen LogP contribution in [0.3, 0.4) is 0 Å². The van der Waals surface area contributed by atoms with Crippen LogP contribution in [-0.2, 0) is 13.4 Å². The van der Waals surface area contributed by atoms with Gasteiger partial charge in [-0.05, 0) is 0 Å². The summed E-state index contributed by atoms with van der Waals surface area (Å²) in [7, 11) is 5.26. The van der Waals surface area contributed by atoms with Crippen LogP contribution < -0.4 is 0 Å². The predicted molar refractivity (Wildman–Crippen MR) is 31.3 cm³/mol. The SMILES string of the molecule is C=C/C=C\[CH]=[Co][Cl]. The molecule has 2 heteroatoms. The van der Waals surface area contributed by atoms with Crippen LogP contribution in [0.5, 0.6) is 0 Å². The average molecular weight is 160 g/mol. The fraction of sp³-hybridized carbons (Fsp3) is 0. The summed E-state index contributed by atoms with van der Waals surface area (Å²) < 4.78 is 0. The summed E-state index contributed by atoms with van der Waals surface area (Å²) in [6.07, 6.45) is 5.38. The summed E-state index contributed by atoms with van der Waals surface area (Å²) in [6, 6.07) is 0. The van der Waals surface area contributed by atoms with Crippen LogP contribution in [0.4, 0.5) is 0 Å². The normalized spacial score (nSPS) is 13.3. The molecule has 0 aromatic carbocycles. The zero-order chi connectivity index (χ0) is 5.54. The second kappa shape index (κ2) is 6.15. The van der Waals surface area contributed by atoms with Gasteiger partial charge in [-0.25, -0.2) is 0 Å². The van der Waals surface area contributed by atoms with E-state index in [4.69, 9.17) is 10.1 Å². The van der Waals surface area contributed by atoms with Crippen molar-refractivity contribution in [2.75, 3.05) is 0 Å². The molecule has 7 heavy (non-hydrogen) atoms. The first-order valence-electron chi connectivity index (χ1n) is 1.73. The van der Waals surface area contributed by atoms with E-state index >= 15 is 0 Å². The topological polar surface area (TPSA) is 0 Å². The van der Waals surface area contributed by atoms with Gasteiger partial charge in [0.05, 0.1) is 0 Å². The van der Waals surface area contributed by atoms with E-state index in [9.17, 15) is 0 Å². The summed E-state index contributed by atoms with van der Waals surface area (Å²) in [4.78, 5) is 1.82. The average Bonchev–Trinajstić information content (AvgIpc) is 1.69. The Hall–Kier alpha value is 0.146. The van der Waals surface area contributed by atoms with Gasteiger partial charge in [0.1, 0.15) is 0 Å². The second-order valence-electron chi connectivity index (χ2n) is 0.804. The van der Waals surface area contributed by atoms with Crippen molar-refractivity contribution in [1.29, 1.82) is 0 Å². The van der Waals surface area contributed by atoms with Crippen LogP contribution in [-0.4, -0.2) is 4.96 Å². The van der Waals surface area contributed by atoms with E-state index < -0.39 is 0 Å². The van der Waals surface area contributed by atoms with Crippen LogP contribution >= 0.6 is 10.1 Å². The van der Waals surface area contributed by atoms with E-state index in [1.54, 1.807) is 6.08 Å². The van der Waals surface area contributed by atoms with E-state index in [-0.39, 0.29) is 0 Å². The Labute approximate surface area is 53.6 Å². The summed E-state index contributed by atoms with van der Waals surface area (Å²) in [5.41, 5.74) is 0. The molecular weight excluding hydrogens is 154 g/mol. The van der Waals surface area contributed by atoms with Gasteiger partial charge in [-0.15, -0.1) is 0 Å². The van der Waals surface area contributed by atoms with Gasteiger partial charge < -0.3 is 0 Å². The molecule has 0 heterocycles. The predicted octanol–water partition coefficient (Wildman–Crippen LogP) is 1.77. The maximum absolute atomic E-state index is 5.26. The Bertz CT molecular complexity index is 94.3. The third-order valence-corrected chi connectivity index (χ3v) is 1.03. The molecule has 0 aromatic rings. The molecule has 0 radical (unpaired) electrons. The van der Waals surface area contributed by atoms with Crippen molar-refractivity contribution < 1.29 is 13.4 Å². The van der Waals surface area contributed by atoms with E-state index in [2.05, 4.69) is 6.58 Å². The number of halogens is 1. The quantitative estimate of drug-likeness (QED) is 0.540. The number of hydrogen-bond acceptors (Lipinski definition) is 0. The number of rotatable bonds is 2. The van der Waals surface area contributed by atoms with Crippen LogP contribution in [0.1, 0.15) is 0 Å². The monoisotopic (exact) mass is 160 g/mol. The van der Waals surface area contributed by atoms with E-state index in [0.29, 0.717) is 0 Å². The molecule has 0 rings (SSSR count). The van der Waals surface area contributed by atoms with E-state index in [1.165, 1.54) is 0 Å². The molecule has 0 aromatic heterocycles. The van der Waals surface area contributed by atoms with Crippen molar-refractivity contribution in [3.05, 3.63) is 24.8 Å². The molecule has 0 aliphatic heterocycles. The minimum atomic E-state index is 0.791. The standard InChI is InChI=1S/C5H6.ClH.Co/c1-3-5-4-2;;/h1,3-5H,2H2;1H;/q;;+1/p-1/b5-3-;;. The molecule has 0 saturated carbocycles. The van der Waals surface area contributed by atoms with Gasteiger partial charge in [0.25, 0.3) is 0 Å². The molecule has 0 bridgehead atoms. The van der Waals surface area contributed by atoms with Gasteiger partial charge in [0.2, 0.25) is 0 Å². The Morgan fingerprint density at radius 3 is 2.57 bits per heavy atom. The maximum atomic E-state index is 5.26. The molecule has 0 N–H and O–H groups in total. The zero-order valence-corrected chi connectivity index (χ0v) is 5.52. The zero-order valence-electron chi connectivity index (χ0n) is 3.73. The van der Waals surface area contributed by atoms with Gasteiger partial charge >= 0.3 is 53.3 Å². The fourth-order valence-corrected chi connectivity index (χ4v) is 0.531. The molecule has 0 aliphatic carbocycles. The van der Waals surface area contributed by atoms with Crippen molar-refractivity contribution in [3.63, 3.8) is 0 Å². The Morgan fingerprint density at radius 1 is 1.43 bits per heavy atom. The van der Waals surface area contributed by atoms with Crippen LogP contribution in [0.15, 0.2) is 24.8 Å². The van der Waals surface area contributed by atoms with Crippen LogP contribution in [0.25, 0.3) is 0 Å². The first-order valence-corrected chi connectivity index (χ1v) is 3.76. The van der Waals surface area contributed by atoms with Crippen molar-refractivity contribution in [2.45, 2.75) is 0 Å². The van der Waals surface area contributed by atoms with Crippen molar-refractivity contribution in [3.8, 4) is 0 Å². The number of hydrogen-bond donors (Lipinski definition) is 0. The van der Waals surface area contributed by atoms with E-state index in [1.807, 2.05) is 17.1 Å². The fourth-order valence-electron chi connectivity index (χ4n) is 0.140. The Kier molecular flexibility index (Phi) is 6.28. The van der Waals surface area contributed by atoms with Gasteiger partial charge in [-0.2, -0.15) is 0 Å². The molecule has 0 amide bonds. The van der Waals surface area contributed by atoms with Crippen LogP contribution in [0, 0.1) is 0 Å². The van der Waals surface area contributed by atoms with E-state index in [0.717, 1.165) is 13.4 Å². The first kappa shape index (κ1) is 7.15. The summed E-state index contributed by atoms with van der Waals surface area (Å²) in [5.74, 6) is 0. The molecule has 0 unspecified atom stereocenters. The molecule has 0 atom stereocenters. The summed E-state index contributed by atoms with van der Waals surface area (Å²) in [6.45, 7) is 3.48. The summed E-state index contributed by atoms with van der Waals surface area (Å²) >= 11 is 0.791. The molecular formula is C5H6ClCo. The van der Waals surface area contributed by atoms with Crippen molar-refractivity contribution in [2.24, 2.45) is 0 Å². The first-order chi connectivity index (χ1) is 3.41. The Morgan fingerprint density at radius 2 is 2.14 bits per heavy atom. The molecule has 0 aliphatic rings. The number of allylic oxidation sites excluding steroid dienone is 3. The second-order valence-corrected chi connectivity index (χ2v) is 1.98. The van der Waals surface area contributed by atoms with Crippen LogP contribution in [0.2, 0.25) is 0 Å². The van der Waals surface area contributed by atoms with Gasteiger partial charge in [0.15, 0.2) is 0 Å². The molecule has 0 nitrogen and oxygen atoms in total. The minimum absolute atomic E-state index is 0.791. The molecule has 0 saturated heterocycles. The van der Waals surface area contributed by atoms with Gasteiger partial charge in [-0.1, -0.05) is 0 Å². The van der Waals surface area contributed by atoms with Crippen molar-refractivity contribution in [1.82, 2.24) is 0 Å². The van der Waals surface area contributed by atoms with Crippen molar-refractivity contribution >= 4 is 15.1 Å². The van der Waals surface area contributed by atoms with Gasteiger partial charge in [-0.3, -0.25) is 0 Å². The third kappa shape index (κ3) is 6.15. The summed E-state index contributed by atoms with van der Waals surface area (Å²) in [5, 5.41) is 0. The molecule has 0 fully saturated rings. The van der Waals surface area contributed by atoms with Gasteiger partial charge in [0, 0.05) is 0 Å².